The molecule has 0 saturated carbocycles. The third kappa shape index (κ3) is 5.61. The second-order valence-corrected chi connectivity index (χ2v) is 6.61. The first kappa shape index (κ1) is 20.9. The van der Waals surface area contributed by atoms with Gasteiger partial charge >= 0.3 is 0 Å². The van der Waals surface area contributed by atoms with Crippen molar-refractivity contribution in [3.63, 3.8) is 0 Å². The summed E-state index contributed by atoms with van der Waals surface area (Å²) in [5.41, 5.74) is 6.04. The molecule has 0 aromatic heterocycles. The number of benzene rings is 3. The highest BCUT2D eigenvalue weighted by atomic mass is 16.5. The molecule has 0 aliphatic rings. The number of aryl methyl sites for hydroxylation is 1. The van der Waals surface area contributed by atoms with E-state index in [4.69, 9.17) is 14.2 Å². The van der Waals surface area contributed by atoms with Crippen molar-refractivity contribution >= 4 is 12.1 Å². The van der Waals surface area contributed by atoms with Crippen LogP contribution in [0.5, 0.6) is 17.2 Å². The van der Waals surface area contributed by atoms with Gasteiger partial charge in [-0.1, -0.05) is 29.8 Å². The van der Waals surface area contributed by atoms with Crippen molar-refractivity contribution in [2.24, 2.45) is 5.10 Å². The lowest BCUT2D eigenvalue weighted by molar-refractivity contribution is 0.0952. The summed E-state index contributed by atoms with van der Waals surface area (Å²) >= 11 is 0. The number of rotatable bonds is 8. The van der Waals surface area contributed by atoms with E-state index in [9.17, 15) is 4.79 Å². The summed E-state index contributed by atoms with van der Waals surface area (Å²) in [4.78, 5) is 12.3. The van der Waals surface area contributed by atoms with Gasteiger partial charge < -0.3 is 14.2 Å². The summed E-state index contributed by atoms with van der Waals surface area (Å²) in [7, 11) is 3.05. The number of nitrogens with one attached hydrogen (secondary N) is 1. The highest BCUT2D eigenvalue weighted by molar-refractivity contribution is 5.97. The lowest BCUT2D eigenvalue weighted by Gasteiger charge is -2.09. The Balaban J connectivity index is 1.55. The molecular weight excluding hydrogens is 380 g/mol. The lowest BCUT2D eigenvalue weighted by Crippen LogP contribution is -2.18. The van der Waals surface area contributed by atoms with Gasteiger partial charge in [-0.15, -0.1) is 0 Å². The van der Waals surface area contributed by atoms with Crippen LogP contribution in [0.15, 0.2) is 71.8 Å². The van der Waals surface area contributed by atoms with Crippen molar-refractivity contribution in [3.05, 3.63) is 89.0 Å². The minimum atomic E-state index is -0.371. The molecule has 0 heterocycles. The highest BCUT2D eigenvalue weighted by Crippen LogP contribution is 2.24. The zero-order chi connectivity index (χ0) is 21.3. The quantitative estimate of drug-likeness (QED) is 0.448. The Kier molecular flexibility index (Phi) is 7.05. The van der Waals surface area contributed by atoms with Gasteiger partial charge in [-0.2, -0.15) is 5.10 Å². The minimum Gasteiger partial charge on any atom is -0.497 e. The van der Waals surface area contributed by atoms with Gasteiger partial charge in [0.05, 0.1) is 26.0 Å². The van der Waals surface area contributed by atoms with Crippen LogP contribution in [0, 0.1) is 6.92 Å². The average molecular weight is 404 g/mol. The molecule has 3 rings (SSSR count). The van der Waals surface area contributed by atoms with Crippen molar-refractivity contribution in [2.75, 3.05) is 14.2 Å². The van der Waals surface area contributed by atoms with Crippen molar-refractivity contribution in [1.82, 2.24) is 5.43 Å². The van der Waals surface area contributed by atoms with Crippen LogP contribution in [-0.4, -0.2) is 26.3 Å². The fourth-order valence-corrected chi connectivity index (χ4v) is 2.71. The first-order valence-corrected chi connectivity index (χ1v) is 9.43. The van der Waals surface area contributed by atoms with Gasteiger partial charge in [0.2, 0.25) is 0 Å². The third-order valence-corrected chi connectivity index (χ3v) is 4.44. The summed E-state index contributed by atoms with van der Waals surface area (Å²) < 4.78 is 16.2. The molecule has 0 saturated heterocycles. The Morgan fingerprint density at radius 1 is 0.933 bits per heavy atom. The smallest absolute Gasteiger partial charge is 0.275 e. The molecule has 6 nitrogen and oxygen atoms in total. The Hall–Kier alpha value is -3.80. The van der Waals surface area contributed by atoms with Gasteiger partial charge in [0.25, 0.3) is 5.91 Å². The van der Waals surface area contributed by atoms with Crippen LogP contribution in [0.2, 0.25) is 0 Å². The fraction of sp³-hybridized carbons (Fsp3) is 0.167. The summed E-state index contributed by atoms with van der Waals surface area (Å²) in [5, 5.41) is 4.02. The van der Waals surface area contributed by atoms with Crippen molar-refractivity contribution in [2.45, 2.75) is 13.5 Å². The molecule has 0 aliphatic heterocycles. The van der Waals surface area contributed by atoms with Crippen LogP contribution in [0.25, 0.3) is 0 Å². The monoisotopic (exact) mass is 404 g/mol. The maximum Gasteiger partial charge on any atom is 0.275 e. The number of carbonyl (C=O) groups is 1. The molecule has 0 fully saturated rings. The van der Waals surface area contributed by atoms with Crippen LogP contribution in [-0.2, 0) is 6.61 Å². The number of ether oxygens (including phenoxy) is 3. The predicted molar refractivity (Wildman–Crippen MR) is 117 cm³/mol. The van der Waals surface area contributed by atoms with Gasteiger partial charge in [0.1, 0.15) is 23.9 Å². The van der Waals surface area contributed by atoms with Crippen LogP contribution in [0.4, 0.5) is 0 Å². The number of amides is 1. The highest BCUT2D eigenvalue weighted by Gasteiger charge is 2.12. The average Bonchev–Trinajstić information content (AvgIpc) is 2.79. The Morgan fingerprint density at radius 3 is 2.30 bits per heavy atom. The molecule has 1 amide bonds. The molecule has 3 aromatic rings. The molecule has 0 spiro atoms. The van der Waals surface area contributed by atoms with Crippen molar-refractivity contribution in [3.8, 4) is 17.2 Å². The van der Waals surface area contributed by atoms with E-state index in [0.717, 1.165) is 16.9 Å². The minimum absolute atomic E-state index is 0.371. The zero-order valence-corrected chi connectivity index (χ0v) is 17.2. The second-order valence-electron chi connectivity index (χ2n) is 6.61. The van der Waals surface area contributed by atoms with E-state index in [1.165, 1.54) is 12.7 Å². The Bertz CT molecular complexity index is 1010. The standard InChI is InChI=1S/C24H24N2O4/c1-17-4-6-19(7-5-17)16-30-20-10-8-18(9-11-20)15-25-26-24(27)22-13-12-21(28-2)14-23(22)29-3/h4-15H,16H2,1-3H3,(H,26,27). The fourth-order valence-electron chi connectivity index (χ4n) is 2.71. The molecule has 0 atom stereocenters. The van der Waals surface area contributed by atoms with E-state index in [0.29, 0.717) is 23.7 Å². The zero-order valence-electron chi connectivity index (χ0n) is 17.2. The van der Waals surface area contributed by atoms with Crippen molar-refractivity contribution < 1.29 is 19.0 Å². The SMILES string of the molecule is COc1ccc(C(=O)NN=Cc2ccc(OCc3ccc(C)cc3)cc2)c(OC)c1. The van der Waals surface area contributed by atoms with E-state index in [1.54, 1.807) is 31.5 Å². The third-order valence-electron chi connectivity index (χ3n) is 4.44. The number of hydrogen-bond acceptors (Lipinski definition) is 5. The van der Waals surface area contributed by atoms with Crippen LogP contribution < -0.4 is 19.6 Å². The van der Waals surface area contributed by atoms with Gasteiger partial charge in [-0.05, 0) is 54.4 Å². The van der Waals surface area contributed by atoms with Gasteiger partial charge in [-0.25, -0.2) is 5.43 Å². The van der Waals surface area contributed by atoms with Gasteiger partial charge in [0.15, 0.2) is 0 Å². The second kappa shape index (κ2) is 10.1. The van der Waals surface area contributed by atoms with Crippen LogP contribution >= 0.6 is 0 Å². The molecule has 0 aliphatic carbocycles. The first-order chi connectivity index (χ1) is 14.6. The molecule has 0 bridgehead atoms. The largest absolute Gasteiger partial charge is 0.497 e. The number of hydrogen-bond donors (Lipinski definition) is 1. The molecule has 3 aromatic carbocycles. The van der Waals surface area contributed by atoms with E-state index in [-0.39, 0.29) is 5.91 Å². The van der Waals surface area contributed by atoms with E-state index < -0.39 is 0 Å². The topological polar surface area (TPSA) is 69.2 Å². The summed E-state index contributed by atoms with van der Waals surface area (Å²) in [5.74, 6) is 1.41. The summed E-state index contributed by atoms with van der Waals surface area (Å²) in [6.07, 6.45) is 1.57. The van der Waals surface area contributed by atoms with Crippen LogP contribution in [0.3, 0.4) is 0 Å². The maximum absolute atomic E-state index is 12.3. The normalized spacial score (nSPS) is 10.6. The number of carbonyl (C=O) groups excluding carboxylic acids is 1. The van der Waals surface area contributed by atoms with Crippen molar-refractivity contribution in [1.29, 1.82) is 0 Å². The van der Waals surface area contributed by atoms with E-state index in [2.05, 4.69) is 41.7 Å². The van der Waals surface area contributed by atoms with Gasteiger partial charge in [0, 0.05) is 6.07 Å². The van der Waals surface area contributed by atoms with Crippen LogP contribution in [0.1, 0.15) is 27.0 Å². The Labute approximate surface area is 176 Å². The maximum atomic E-state index is 12.3. The molecular formula is C24H24N2O4. The molecule has 30 heavy (non-hydrogen) atoms. The molecule has 0 radical (unpaired) electrons. The Morgan fingerprint density at radius 2 is 1.63 bits per heavy atom. The summed E-state index contributed by atoms with van der Waals surface area (Å²) in [6.45, 7) is 2.56. The van der Waals surface area contributed by atoms with E-state index >= 15 is 0 Å². The molecule has 0 unspecified atom stereocenters. The summed E-state index contributed by atoms with van der Waals surface area (Å²) in [6, 6.07) is 20.7. The molecule has 6 heteroatoms. The van der Waals surface area contributed by atoms with Gasteiger partial charge in [-0.3, -0.25) is 4.79 Å². The number of methoxy groups -OCH3 is 2. The van der Waals surface area contributed by atoms with E-state index in [1.807, 2.05) is 24.3 Å². The number of hydrazone groups is 1. The molecule has 1 N–H and O–H groups in total. The number of nitrogens with zero attached hydrogens (tertiary/aromatic N) is 1. The lowest BCUT2D eigenvalue weighted by atomic mass is 10.2. The first-order valence-electron chi connectivity index (χ1n) is 9.43. The molecule has 154 valence electrons. The predicted octanol–water partition coefficient (Wildman–Crippen LogP) is 4.36.